The summed E-state index contributed by atoms with van der Waals surface area (Å²) < 4.78 is 0. The number of carbonyl (C=O) groups excluding carboxylic acids is 2. The molecular weight excluding hydrogens is 336 g/mol. The summed E-state index contributed by atoms with van der Waals surface area (Å²) in [7, 11) is 0. The number of benzene rings is 1. The van der Waals surface area contributed by atoms with Crippen LogP contribution in [0.15, 0.2) is 35.5 Å². The van der Waals surface area contributed by atoms with Gasteiger partial charge in [-0.05, 0) is 11.6 Å². The van der Waals surface area contributed by atoms with Gasteiger partial charge in [-0.3, -0.25) is 14.6 Å². The van der Waals surface area contributed by atoms with Crippen molar-refractivity contribution in [2.45, 2.75) is 26.3 Å². The summed E-state index contributed by atoms with van der Waals surface area (Å²) in [5, 5.41) is 7.39. The first-order valence-electron chi connectivity index (χ1n) is 8.38. The average molecular weight is 358 g/mol. The van der Waals surface area contributed by atoms with Crippen LogP contribution < -0.4 is 10.6 Å². The van der Waals surface area contributed by atoms with Crippen molar-refractivity contribution in [2.75, 3.05) is 12.3 Å². The van der Waals surface area contributed by atoms with E-state index in [0.717, 1.165) is 22.2 Å². The summed E-state index contributed by atoms with van der Waals surface area (Å²) >= 11 is 1.52. The van der Waals surface area contributed by atoms with Gasteiger partial charge in [0.15, 0.2) is 5.17 Å². The van der Waals surface area contributed by atoms with Gasteiger partial charge >= 0.3 is 0 Å². The number of para-hydroxylation sites is 1. The second-order valence-corrected chi connectivity index (χ2v) is 7.39. The van der Waals surface area contributed by atoms with E-state index in [9.17, 15) is 9.59 Å². The van der Waals surface area contributed by atoms with Gasteiger partial charge in [0.1, 0.15) is 6.04 Å². The Labute approximate surface area is 150 Å². The average Bonchev–Trinajstić information content (AvgIpc) is 3.24. The lowest BCUT2D eigenvalue weighted by molar-refractivity contribution is -0.129. The Balaban J connectivity index is 1.79. The number of hydrogen-bond acceptors (Lipinski definition) is 4. The van der Waals surface area contributed by atoms with E-state index in [1.807, 2.05) is 44.3 Å². The molecule has 0 saturated heterocycles. The number of nitrogens with zero attached hydrogens (tertiary/aromatic N) is 1. The Morgan fingerprint density at radius 3 is 2.80 bits per heavy atom. The lowest BCUT2D eigenvalue weighted by Gasteiger charge is -2.19. The van der Waals surface area contributed by atoms with E-state index in [1.54, 1.807) is 0 Å². The van der Waals surface area contributed by atoms with Crippen LogP contribution >= 0.6 is 11.8 Å². The molecule has 7 heteroatoms. The summed E-state index contributed by atoms with van der Waals surface area (Å²) in [6.45, 7) is 4.34. The minimum atomic E-state index is -0.641. The molecule has 3 N–H and O–H groups in total. The molecule has 3 rings (SSSR count). The summed E-state index contributed by atoms with van der Waals surface area (Å²) in [6, 6.07) is 7.29. The maximum atomic E-state index is 12.7. The summed E-state index contributed by atoms with van der Waals surface area (Å²) in [5.41, 5.74) is 2.02. The SMILES string of the molecule is CC(C)C(=O)N[C@H](Cc1c[nH]c2ccccc12)C(=O)NC1=NCCS1. The molecule has 1 aromatic carbocycles. The molecule has 1 aliphatic rings. The maximum absolute atomic E-state index is 12.7. The Bertz CT molecular complexity index is 812. The highest BCUT2D eigenvalue weighted by atomic mass is 32.2. The van der Waals surface area contributed by atoms with E-state index >= 15 is 0 Å². The van der Waals surface area contributed by atoms with Gasteiger partial charge in [-0.1, -0.05) is 43.8 Å². The van der Waals surface area contributed by atoms with Gasteiger partial charge in [-0.15, -0.1) is 0 Å². The fourth-order valence-electron chi connectivity index (χ4n) is 2.67. The second kappa shape index (κ2) is 7.74. The molecule has 0 saturated carbocycles. The van der Waals surface area contributed by atoms with Crippen molar-refractivity contribution in [3.8, 4) is 0 Å². The summed E-state index contributed by atoms with van der Waals surface area (Å²) in [6.07, 6.45) is 2.32. The minimum absolute atomic E-state index is 0.138. The monoisotopic (exact) mass is 358 g/mol. The topological polar surface area (TPSA) is 86.3 Å². The Kier molecular flexibility index (Phi) is 5.43. The highest BCUT2D eigenvalue weighted by Crippen LogP contribution is 2.19. The van der Waals surface area contributed by atoms with Crippen molar-refractivity contribution >= 4 is 39.6 Å². The molecule has 2 aromatic rings. The zero-order valence-electron chi connectivity index (χ0n) is 14.3. The molecular formula is C18H22N4O2S. The Hall–Kier alpha value is -2.28. The van der Waals surface area contributed by atoms with Crippen LogP contribution in [0.3, 0.4) is 0 Å². The predicted molar refractivity (Wildman–Crippen MR) is 102 cm³/mol. The van der Waals surface area contributed by atoms with Gasteiger partial charge in [-0.2, -0.15) is 0 Å². The molecule has 6 nitrogen and oxygen atoms in total. The predicted octanol–water partition coefficient (Wildman–Crippen LogP) is 2.07. The molecule has 0 aliphatic carbocycles. The number of carbonyl (C=O) groups is 2. The van der Waals surface area contributed by atoms with E-state index in [1.165, 1.54) is 11.8 Å². The summed E-state index contributed by atoms with van der Waals surface area (Å²) in [5.74, 6) is 0.325. The van der Waals surface area contributed by atoms with Crippen molar-refractivity contribution in [2.24, 2.45) is 10.9 Å². The van der Waals surface area contributed by atoms with Gasteiger partial charge < -0.3 is 15.6 Å². The lowest BCUT2D eigenvalue weighted by Crippen LogP contribution is -2.50. The largest absolute Gasteiger partial charge is 0.361 e. The zero-order valence-corrected chi connectivity index (χ0v) is 15.2. The molecule has 0 fully saturated rings. The number of fused-ring (bicyclic) bond motifs is 1. The molecule has 0 spiro atoms. The zero-order chi connectivity index (χ0) is 17.8. The molecule has 1 atom stereocenters. The maximum Gasteiger partial charge on any atom is 0.248 e. The molecule has 1 aromatic heterocycles. The van der Waals surface area contributed by atoms with Gasteiger partial charge in [0, 0.05) is 35.2 Å². The van der Waals surface area contributed by atoms with Crippen LogP contribution in [-0.4, -0.2) is 40.3 Å². The van der Waals surface area contributed by atoms with Crippen LogP contribution in [0, 0.1) is 5.92 Å². The number of aromatic nitrogens is 1. The summed E-state index contributed by atoms with van der Waals surface area (Å²) in [4.78, 5) is 32.3. The quantitative estimate of drug-likeness (QED) is 0.765. The number of nitrogens with one attached hydrogen (secondary N) is 3. The van der Waals surface area contributed by atoms with E-state index in [4.69, 9.17) is 0 Å². The second-order valence-electron chi connectivity index (χ2n) is 6.30. The standard InChI is InChI=1S/C18H22N4O2S/c1-11(2)16(23)21-15(17(24)22-18-19-7-8-25-18)9-12-10-20-14-6-4-3-5-13(12)14/h3-6,10-11,15,20H,7-9H2,1-2H3,(H,21,23)(H,19,22,24)/t15-/m1/s1. The van der Waals surface area contributed by atoms with E-state index < -0.39 is 6.04 Å². The molecule has 132 valence electrons. The van der Waals surface area contributed by atoms with Crippen molar-refractivity contribution < 1.29 is 9.59 Å². The smallest absolute Gasteiger partial charge is 0.248 e. The van der Waals surface area contributed by atoms with Crippen molar-refractivity contribution in [3.63, 3.8) is 0 Å². The number of amides is 2. The highest BCUT2D eigenvalue weighted by molar-refractivity contribution is 8.14. The number of thioether (sulfide) groups is 1. The first-order valence-corrected chi connectivity index (χ1v) is 9.36. The molecule has 0 unspecified atom stereocenters. The lowest BCUT2D eigenvalue weighted by atomic mass is 10.0. The number of aromatic amines is 1. The normalized spacial score (nSPS) is 15.2. The number of aliphatic imine (C=N–C) groups is 1. The van der Waals surface area contributed by atoms with Crippen molar-refractivity contribution in [1.29, 1.82) is 0 Å². The van der Waals surface area contributed by atoms with Crippen LogP contribution in [0.4, 0.5) is 0 Å². The van der Waals surface area contributed by atoms with Crippen molar-refractivity contribution in [1.82, 2.24) is 15.6 Å². The van der Waals surface area contributed by atoms with Gasteiger partial charge in [0.2, 0.25) is 11.8 Å². The third-order valence-corrected chi connectivity index (χ3v) is 4.96. The molecule has 1 aliphatic heterocycles. The van der Waals surface area contributed by atoms with E-state index in [-0.39, 0.29) is 17.7 Å². The molecule has 2 heterocycles. The molecule has 25 heavy (non-hydrogen) atoms. The number of amidine groups is 1. The van der Waals surface area contributed by atoms with Crippen LogP contribution in [-0.2, 0) is 16.0 Å². The Morgan fingerprint density at radius 2 is 2.08 bits per heavy atom. The van der Waals surface area contributed by atoms with Gasteiger partial charge in [-0.25, -0.2) is 0 Å². The number of H-pyrrole nitrogens is 1. The van der Waals surface area contributed by atoms with Crippen LogP contribution in [0.1, 0.15) is 19.4 Å². The third-order valence-electron chi connectivity index (χ3n) is 4.07. The first kappa shape index (κ1) is 17.5. The number of rotatable bonds is 5. The third kappa shape index (κ3) is 4.22. The fraction of sp³-hybridized carbons (Fsp3) is 0.389. The van der Waals surface area contributed by atoms with E-state index in [0.29, 0.717) is 18.1 Å². The van der Waals surface area contributed by atoms with Crippen LogP contribution in [0.2, 0.25) is 0 Å². The Morgan fingerprint density at radius 1 is 1.28 bits per heavy atom. The highest BCUT2D eigenvalue weighted by Gasteiger charge is 2.25. The fourth-order valence-corrected chi connectivity index (χ4v) is 3.40. The molecule has 2 amide bonds. The van der Waals surface area contributed by atoms with E-state index in [2.05, 4.69) is 20.6 Å². The van der Waals surface area contributed by atoms with Gasteiger partial charge in [0.25, 0.3) is 0 Å². The first-order chi connectivity index (χ1) is 12.0. The van der Waals surface area contributed by atoms with Crippen molar-refractivity contribution in [3.05, 3.63) is 36.0 Å². The molecule has 0 bridgehead atoms. The molecule has 0 radical (unpaired) electrons. The van der Waals surface area contributed by atoms with Crippen LogP contribution in [0.25, 0.3) is 10.9 Å². The van der Waals surface area contributed by atoms with Crippen LogP contribution in [0.5, 0.6) is 0 Å². The number of hydrogen-bond donors (Lipinski definition) is 3. The van der Waals surface area contributed by atoms with Gasteiger partial charge in [0.05, 0.1) is 6.54 Å². The minimum Gasteiger partial charge on any atom is -0.361 e.